The number of rotatable bonds is 3. The number of amides is 3. The number of anilines is 1. The highest BCUT2D eigenvalue weighted by Crippen LogP contribution is 2.33. The Balaban J connectivity index is 2.71. The molecule has 0 saturated carbocycles. The molecule has 1 rings (SSSR count). The van der Waals surface area contributed by atoms with Crippen LogP contribution in [0.5, 0.6) is 0 Å². The van der Waals surface area contributed by atoms with E-state index in [0.29, 0.717) is 0 Å². The van der Waals surface area contributed by atoms with E-state index in [4.69, 9.17) is 17.3 Å². The zero-order valence-electron chi connectivity index (χ0n) is 9.34. The van der Waals surface area contributed by atoms with Crippen LogP contribution in [0, 0.1) is 0 Å². The molecule has 0 aliphatic rings. The maximum absolute atomic E-state index is 12.4. The fourth-order valence-electron chi connectivity index (χ4n) is 1.19. The lowest BCUT2D eigenvalue weighted by atomic mass is 10.2. The van der Waals surface area contributed by atoms with Crippen LogP contribution >= 0.6 is 11.6 Å². The monoisotopic (exact) mass is 295 g/mol. The summed E-state index contributed by atoms with van der Waals surface area (Å²) >= 11 is 5.64. The van der Waals surface area contributed by atoms with Crippen LogP contribution in [-0.2, 0) is 11.0 Å². The molecule has 4 N–H and O–H groups in total. The topological polar surface area (TPSA) is 84.2 Å². The predicted molar refractivity (Wildman–Crippen MR) is 62.7 cm³/mol. The number of hydrogen-bond donors (Lipinski definition) is 3. The fraction of sp³-hybridized carbons (Fsp3) is 0.200. The van der Waals surface area contributed by atoms with E-state index in [-0.39, 0.29) is 17.3 Å². The fourth-order valence-corrected chi connectivity index (χ4v) is 1.44. The summed E-state index contributed by atoms with van der Waals surface area (Å²) in [4.78, 5) is 21.4. The minimum absolute atomic E-state index is 0.134. The second kappa shape index (κ2) is 5.79. The Morgan fingerprint density at radius 1 is 1.32 bits per heavy atom. The Kier molecular flexibility index (Phi) is 4.60. The molecule has 0 atom stereocenters. The van der Waals surface area contributed by atoms with Gasteiger partial charge >= 0.3 is 12.2 Å². The molecule has 0 aromatic heterocycles. The molecule has 1 aromatic carbocycles. The molecule has 5 nitrogen and oxygen atoms in total. The third-order valence-corrected chi connectivity index (χ3v) is 2.31. The second-order valence-electron chi connectivity index (χ2n) is 3.46. The van der Waals surface area contributed by atoms with E-state index in [1.165, 1.54) is 0 Å². The van der Waals surface area contributed by atoms with E-state index in [9.17, 15) is 22.8 Å². The molecule has 0 aliphatic carbocycles. The van der Waals surface area contributed by atoms with Crippen molar-refractivity contribution in [2.24, 2.45) is 5.73 Å². The van der Waals surface area contributed by atoms with Gasteiger partial charge < -0.3 is 11.1 Å². The summed E-state index contributed by atoms with van der Waals surface area (Å²) < 4.78 is 37.1. The molecule has 0 heterocycles. The van der Waals surface area contributed by atoms with Crippen LogP contribution in [0.25, 0.3) is 0 Å². The van der Waals surface area contributed by atoms with Gasteiger partial charge in [0.25, 0.3) is 0 Å². The average molecular weight is 296 g/mol. The highest BCUT2D eigenvalue weighted by molar-refractivity contribution is 6.33. The lowest BCUT2D eigenvalue weighted by Crippen LogP contribution is -2.38. The van der Waals surface area contributed by atoms with Gasteiger partial charge in [0.2, 0.25) is 5.91 Å². The Labute approximate surface area is 110 Å². The highest BCUT2D eigenvalue weighted by atomic mass is 35.5. The third kappa shape index (κ3) is 4.66. The summed E-state index contributed by atoms with van der Waals surface area (Å²) in [6, 6.07) is 1.61. The van der Waals surface area contributed by atoms with Gasteiger partial charge in [-0.2, -0.15) is 13.2 Å². The van der Waals surface area contributed by atoms with E-state index >= 15 is 0 Å². The maximum atomic E-state index is 12.4. The molecule has 0 bridgehead atoms. The van der Waals surface area contributed by atoms with Gasteiger partial charge in [-0.1, -0.05) is 11.6 Å². The quantitative estimate of drug-likeness (QED) is 0.797. The normalized spacial score (nSPS) is 10.9. The first-order valence-corrected chi connectivity index (χ1v) is 5.28. The summed E-state index contributed by atoms with van der Waals surface area (Å²) in [5, 5.41) is 4.07. The standard InChI is InChI=1S/C10H9ClF3N3O2/c11-6-3-5(10(12,13)14)1-2-7(6)16-4-8(18)17-9(15)19/h1-3,16H,4H2,(H3,15,17,18,19). The average Bonchev–Trinajstić information content (AvgIpc) is 2.25. The largest absolute Gasteiger partial charge is 0.416 e. The number of carbonyl (C=O) groups excluding carboxylic acids is 2. The van der Waals surface area contributed by atoms with E-state index in [0.717, 1.165) is 18.2 Å². The number of carbonyl (C=O) groups is 2. The summed E-state index contributed by atoms with van der Waals surface area (Å²) in [6.45, 7) is -0.353. The first-order valence-electron chi connectivity index (χ1n) is 4.90. The maximum Gasteiger partial charge on any atom is 0.416 e. The van der Waals surface area contributed by atoms with E-state index < -0.39 is 23.7 Å². The molecule has 104 valence electrons. The van der Waals surface area contributed by atoms with Gasteiger partial charge in [0, 0.05) is 0 Å². The van der Waals surface area contributed by atoms with Crippen molar-refractivity contribution in [3.63, 3.8) is 0 Å². The third-order valence-electron chi connectivity index (χ3n) is 2.00. The molecule has 19 heavy (non-hydrogen) atoms. The summed E-state index contributed by atoms with van der Waals surface area (Å²) in [5.74, 6) is -0.733. The molecule has 0 aliphatic heterocycles. The van der Waals surface area contributed by atoms with E-state index in [1.54, 1.807) is 5.32 Å². The lowest BCUT2D eigenvalue weighted by Gasteiger charge is -2.11. The van der Waals surface area contributed by atoms with Gasteiger partial charge in [0.15, 0.2) is 0 Å². The number of halogens is 4. The number of nitrogens with two attached hydrogens (primary N) is 1. The number of benzene rings is 1. The molecule has 1 aromatic rings. The zero-order chi connectivity index (χ0) is 14.6. The smallest absolute Gasteiger partial charge is 0.375 e. The van der Waals surface area contributed by atoms with E-state index in [2.05, 4.69) is 5.32 Å². The van der Waals surface area contributed by atoms with Crippen molar-refractivity contribution in [2.75, 3.05) is 11.9 Å². The molecular weight excluding hydrogens is 287 g/mol. The molecule has 9 heteroatoms. The van der Waals surface area contributed by atoms with Gasteiger partial charge in [-0.05, 0) is 18.2 Å². The SMILES string of the molecule is NC(=O)NC(=O)CNc1ccc(C(F)(F)F)cc1Cl. The summed E-state index contributed by atoms with van der Waals surface area (Å²) in [7, 11) is 0. The minimum atomic E-state index is -4.49. The number of imide groups is 1. The van der Waals surface area contributed by atoms with Crippen LogP contribution in [0.4, 0.5) is 23.7 Å². The number of hydrogen-bond acceptors (Lipinski definition) is 3. The van der Waals surface area contributed by atoms with Crippen LogP contribution in [0.2, 0.25) is 5.02 Å². The summed E-state index contributed by atoms with van der Waals surface area (Å²) in [5.41, 5.74) is 3.95. The van der Waals surface area contributed by atoms with Crippen molar-refractivity contribution in [1.29, 1.82) is 0 Å². The van der Waals surface area contributed by atoms with Crippen LogP contribution < -0.4 is 16.4 Å². The zero-order valence-corrected chi connectivity index (χ0v) is 10.1. The number of nitrogens with one attached hydrogen (secondary N) is 2. The summed E-state index contributed by atoms with van der Waals surface area (Å²) in [6.07, 6.45) is -4.49. The van der Waals surface area contributed by atoms with Crippen LogP contribution in [0.15, 0.2) is 18.2 Å². The van der Waals surface area contributed by atoms with Crippen molar-refractivity contribution in [3.8, 4) is 0 Å². The lowest BCUT2D eigenvalue weighted by molar-refractivity contribution is -0.137. The molecule has 0 radical (unpaired) electrons. The molecule has 0 saturated heterocycles. The van der Waals surface area contributed by atoms with Crippen LogP contribution in [-0.4, -0.2) is 18.5 Å². The van der Waals surface area contributed by atoms with Gasteiger partial charge in [-0.15, -0.1) is 0 Å². The Morgan fingerprint density at radius 2 is 1.95 bits per heavy atom. The number of primary amides is 1. The second-order valence-corrected chi connectivity index (χ2v) is 3.87. The number of alkyl halides is 3. The molecule has 0 spiro atoms. The Morgan fingerprint density at radius 3 is 2.42 bits per heavy atom. The van der Waals surface area contributed by atoms with Crippen LogP contribution in [0.3, 0.4) is 0 Å². The van der Waals surface area contributed by atoms with Crippen LogP contribution in [0.1, 0.15) is 5.56 Å². The van der Waals surface area contributed by atoms with Gasteiger partial charge in [0.05, 0.1) is 22.8 Å². The Bertz CT molecular complexity index is 505. The van der Waals surface area contributed by atoms with Gasteiger partial charge in [-0.3, -0.25) is 10.1 Å². The molecular formula is C10H9ClF3N3O2. The predicted octanol–water partition coefficient (Wildman–Crippen LogP) is 1.97. The van der Waals surface area contributed by atoms with Gasteiger partial charge in [0.1, 0.15) is 0 Å². The highest BCUT2D eigenvalue weighted by Gasteiger charge is 2.30. The molecule has 0 unspecified atom stereocenters. The van der Waals surface area contributed by atoms with Crippen molar-refractivity contribution in [1.82, 2.24) is 5.32 Å². The number of urea groups is 1. The first-order chi connectivity index (χ1) is 8.70. The Hall–Kier alpha value is -1.96. The van der Waals surface area contributed by atoms with Crippen molar-refractivity contribution in [2.45, 2.75) is 6.18 Å². The first kappa shape index (κ1) is 15.1. The molecule has 3 amide bonds. The van der Waals surface area contributed by atoms with Gasteiger partial charge in [-0.25, -0.2) is 4.79 Å². The van der Waals surface area contributed by atoms with Crippen molar-refractivity contribution < 1.29 is 22.8 Å². The van der Waals surface area contributed by atoms with Crippen molar-refractivity contribution in [3.05, 3.63) is 28.8 Å². The molecule has 0 fully saturated rings. The van der Waals surface area contributed by atoms with Crippen molar-refractivity contribution >= 4 is 29.2 Å². The minimum Gasteiger partial charge on any atom is -0.375 e. The van der Waals surface area contributed by atoms with E-state index in [1.807, 2.05) is 0 Å².